The maximum atomic E-state index is 11.7. The Labute approximate surface area is 160 Å². The zero-order chi connectivity index (χ0) is 18.4. The Kier molecular flexibility index (Phi) is 6.91. The number of piperidine rings is 1. The molecule has 1 aromatic rings. The first-order chi connectivity index (χ1) is 12.7. The molecule has 0 aromatic carbocycles. The van der Waals surface area contributed by atoms with Gasteiger partial charge in [-0.1, -0.05) is 0 Å². The maximum Gasteiger partial charge on any atom is 0.308 e. The van der Waals surface area contributed by atoms with Crippen LogP contribution in [0.25, 0.3) is 0 Å². The number of nitrogens with one attached hydrogen (secondary N) is 1. The molecule has 0 unspecified atom stereocenters. The van der Waals surface area contributed by atoms with Crippen LogP contribution in [0.3, 0.4) is 0 Å². The third-order valence-electron chi connectivity index (χ3n) is 5.23. The monoisotopic (exact) mass is 378 g/mol. The molecule has 2 aliphatic rings. The number of carbonyl (C=O) groups excluding carboxylic acids is 1. The van der Waals surface area contributed by atoms with Crippen molar-refractivity contribution in [1.29, 1.82) is 0 Å². The first-order valence-corrected chi connectivity index (χ1v) is 10.5. The minimum Gasteiger partial charge on any atom is -0.469 e. The summed E-state index contributed by atoms with van der Waals surface area (Å²) in [5.41, 5.74) is 1.49. The van der Waals surface area contributed by atoms with Crippen LogP contribution in [0.15, 0.2) is 16.4 Å². The average Bonchev–Trinajstić information content (AvgIpc) is 3.15. The second-order valence-corrected chi connectivity index (χ2v) is 7.92. The lowest BCUT2D eigenvalue weighted by Crippen LogP contribution is -2.47. The molecular weight excluding hydrogens is 348 g/mol. The van der Waals surface area contributed by atoms with Crippen LogP contribution in [0.4, 0.5) is 0 Å². The van der Waals surface area contributed by atoms with Crippen LogP contribution in [0.1, 0.15) is 30.2 Å². The van der Waals surface area contributed by atoms with Gasteiger partial charge in [0.2, 0.25) is 0 Å². The number of aliphatic imine (C=N–C) groups is 1. The van der Waals surface area contributed by atoms with Crippen molar-refractivity contribution in [1.82, 2.24) is 15.1 Å². The minimum atomic E-state index is -0.0792. The van der Waals surface area contributed by atoms with E-state index in [0.717, 1.165) is 71.0 Å². The molecule has 3 rings (SSSR count). The normalized spacial score (nSPS) is 19.3. The van der Waals surface area contributed by atoms with Gasteiger partial charge in [-0.15, -0.1) is 11.3 Å². The highest BCUT2D eigenvalue weighted by Crippen LogP contribution is 2.23. The molecule has 1 aromatic heterocycles. The molecule has 0 amide bonds. The zero-order valence-electron chi connectivity index (χ0n) is 15.9. The van der Waals surface area contributed by atoms with Crippen molar-refractivity contribution < 1.29 is 9.53 Å². The summed E-state index contributed by atoms with van der Waals surface area (Å²) < 4.78 is 4.88. The lowest BCUT2D eigenvalue weighted by atomic mass is 9.97. The van der Waals surface area contributed by atoms with Gasteiger partial charge in [0.15, 0.2) is 5.96 Å². The van der Waals surface area contributed by atoms with Crippen molar-refractivity contribution in [2.24, 2.45) is 10.9 Å². The second kappa shape index (κ2) is 9.37. The van der Waals surface area contributed by atoms with Crippen LogP contribution in [-0.4, -0.2) is 68.1 Å². The number of thiophene rings is 1. The van der Waals surface area contributed by atoms with E-state index in [-0.39, 0.29) is 11.9 Å². The largest absolute Gasteiger partial charge is 0.469 e. The van der Waals surface area contributed by atoms with E-state index in [9.17, 15) is 4.79 Å². The lowest BCUT2D eigenvalue weighted by Gasteiger charge is -2.33. The number of hydrogen-bond acceptors (Lipinski definition) is 5. The van der Waals surface area contributed by atoms with Gasteiger partial charge in [0.25, 0.3) is 0 Å². The molecule has 1 fully saturated rings. The van der Waals surface area contributed by atoms with Gasteiger partial charge in [0.05, 0.1) is 19.6 Å². The standard InChI is InChI=1S/C19H30N4O2S/c1-3-20-19(23-10-4-15(5-11-23)18(24)25-2)21-8-12-22-9-6-17-16(14-22)7-13-26-17/h7,13,15H,3-6,8-12,14H2,1-2H3,(H,20,21). The average molecular weight is 379 g/mol. The highest BCUT2D eigenvalue weighted by Gasteiger charge is 2.27. The predicted octanol–water partition coefficient (Wildman–Crippen LogP) is 1.96. The maximum absolute atomic E-state index is 11.7. The van der Waals surface area contributed by atoms with Crippen molar-refractivity contribution in [3.8, 4) is 0 Å². The van der Waals surface area contributed by atoms with Crippen molar-refractivity contribution in [3.05, 3.63) is 21.9 Å². The lowest BCUT2D eigenvalue weighted by molar-refractivity contribution is -0.146. The smallest absolute Gasteiger partial charge is 0.308 e. The molecule has 3 heterocycles. The van der Waals surface area contributed by atoms with E-state index in [1.807, 2.05) is 11.3 Å². The first-order valence-electron chi connectivity index (χ1n) is 9.60. The number of nitrogens with zero attached hydrogens (tertiary/aromatic N) is 3. The summed E-state index contributed by atoms with van der Waals surface area (Å²) in [5, 5.41) is 5.60. The first kappa shape index (κ1) is 19.2. The van der Waals surface area contributed by atoms with Crippen molar-refractivity contribution in [2.45, 2.75) is 32.7 Å². The Morgan fingerprint density at radius 1 is 1.38 bits per heavy atom. The van der Waals surface area contributed by atoms with Crippen LogP contribution in [0, 0.1) is 5.92 Å². The molecule has 1 N–H and O–H groups in total. The van der Waals surface area contributed by atoms with Crippen LogP contribution in [-0.2, 0) is 22.5 Å². The molecule has 0 saturated carbocycles. The molecular formula is C19H30N4O2S. The van der Waals surface area contributed by atoms with Gasteiger partial charge >= 0.3 is 5.97 Å². The number of esters is 1. The molecule has 144 valence electrons. The number of rotatable bonds is 5. The molecule has 0 aliphatic carbocycles. The predicted molar refractivity (Wildman–Crippen MR) is 106 cm³/mol. The van der Waals surface area contributed by atoms with E-state index in [1.165, 1.54) is 12.7 Å². The third-order valence-corrected chi connectivity index (χ3v) is 6.25. The summed E-state index contributed by atoms with van der Waals surface area (Å²) in [7, 11) is 1.47. The molecule has 0 spiro atoms. The van der Waals surface area contributed by atoms with Crippen LogP contribution < -0.4 is 5.32 Å². The van der Waals surface area contributed by atoms with Gasteiger partial charge in [0, 0.05) is 44.1 Å². The second-order valence-electron chi connectivity index (χ2n) is 6.92. The number of hydrogen-bond donors (Lipinski definition) is 1. The summed E-state index contributed by atoms with van der Waals surface area (Å²) in [6.45, 7) is 8.64. The zero-order valence-corrected chi connectivity index (χ0v) is 16.7. The Hall–Kier alpha value is -1.60. The van der Waals surface area contributed by atoms with E-state index in [2.05, 4.69) is 33.5 Å². The molecule has 6 nitrogen and oxygen atoms in total. The molecule has 0 radical (unpaired) electrons. The fraction of sp³-hybridized carbons (Fsp3) is 0.684. The topological polar surface area (TPSA) is 57.2 Å². The van der Waals surface area contributed by atoms with Crippen molar-refractivity contribution in [2.75, 3.05) is 46.4 Å². The highest BCUT2D eigenvalue weighted by atomic mass is 32.1. The van der Waals surface area contributed by atoms with E-state index in [1.54, 1.807) is 4.88 Å². The van der Waals surface area contributed by atoms with Gasteiger partial charge in [-0.3, -0.25) is 14.7 Å². The molecule has 0 bridgehead atoms. The summed E-state index contributed by atoms with van der Waals surface area (Å²) >= 11 is 1.88. The van der Waals surface area contributed by atoms with E-state index >= 15 is 0 Å². The minimum absolute atomic E-state index is 0.0345. The van der Waals surface area contributed by atoms with Crippen molar-refractivity contribution >= 4 is 23.3 Å². The number of likely N-dealkylation sites (tertiary alicyclic amines) is 1. The third kappa shape index (κ3) is 4.76. The number of fused-ring (bicyclic) bond motifs is 1. The van der Waals surface area contributed by atoms with Gasteiger partial charge in [-0.25, -0.2) is 0 Å². The van der Waals surface area contributed by atoms with Crippen molar-refractivity contribution in [3.63, 3.8) is 0 Å². The fourth-order valence-electron chi connectivity index (χ4n) is 3.71. The van der Waals surface area contributed by atoms with Gasteiger partial charge in [-0.05, 0) is 43.2 Å². The number of guanidine groups is 1. The SMILES string of the molecule is CCNC(=NCCN1CCc2sccc2C1)N1CCC(C(=O)OC)CC1. The van der Waals surface area contributed by atoms with Crippen LogP contribution in [0.2, 0.25) is 0 Å². The van der Waals surface area contributed by atoms with Crippen LogP contribution >= 0.6 is 11.3 Å². The molecule has 0 atom stereocenters. The van der Waals surface area contributed by atoms with E-state index in [0.29, 0.717) is 0 Å². The van der Waals surface area contributed by atoms with Gasteiger partial charge in [0.1, 0.15) is 0 Å². The molecule has 2 aliphatic heterocycles. The van der Waals surface area contributed by atoms with Gasteiger partial charge in [-0.2, -0.15) is 0 Å². The Balaban J connectivity index is 1.49. The fourth-order valence-corrected chi connectivity index (χ4v) is 4.60. The van der Waals surface area contributed by atoms with Gasteiger partial charge < -0.3 is 15.0 Å². The molecule has 7 heteroatoms. The Morgan fingerprint density at radius 2 is 2.19 bits per heavy atom. The number of methoxy groups -OCH3 is 1. The summed E-state index contributed by atoms with van der Waals surface area (Å²) in [4.78, 5) is 22.8. The Morgan fingerprint density at radius 3 is 2.92 bits per heavy atom. The highest BCUT2D eigenvalue weighted by molar-refractivity contribution is 7.10. The summed E-state index contributed by atoms with van der Waals surface area (Å²) in [6.07, 6.45) is 2.84. The number of ether oxygens (including phenoxy) is 1. The summed E-state index contributed by atoms with van der Waals surface area (Å²) in [6, 6.07) is 2.25. The van der Waals surface area contributed by atoms with E-state index < -0.39 is 0 Å². The molecule has 1 saturated heterocycles. The Bertz CT molecular complexity index is 623. The quantitative estimate of drug-likeness (QED) is 0.482. The molecule has 26 heavy (non-hydrogen) atoms. The van der Waals surface area contributed by atoms with Crippen LogP contribution in [0.5, 0.6) is 0 Å². The number of carbonyl (C=O) groups is 1. The summed E-state index contributed by atoms with van der Waals surface area (Å²) in [5.74, 6) is 0.931. The van der Waals surface area contributed by atoms with E-state index in [4.69, 9.17) is 9.73 Å².